The van der Waals surface area contributed by atoms with Gasteiger partial charge in [0.15, 0.2) is 0 Å². The van der Waals surface area contributed by atoms with Gasteiger partial charge >= 0.3 is 0 Å². The van der Waals surface area contributed by atoms with Crippen molar-refractivity contribution < 1.29 is 4.42 Å². The summed E-state index contributed by atoms with van der Waals surface area (Å²) in [6.45, 7) is 0. The topological polar surface area (TPSA) is 21.3 Å². The number of para-hydroxylation sites is 3. The maximum atomic E-state index is 6.41. The van der Waals surface area contributed by atoms with Crippen LogP contribution in [0.5, 0.6) is 0 Å². The normalized spacial score (nSPS) is 13.1. The molecule has 3 nitrogen and oxygen atoms in total. The molecule has 12 rings (SSSR count). The molecule has 1 aliphatic carbocycles. The molecule has 3 heteroatoms. The molecule has 2 heterocycles. The van der Waals surface area contributed by atoms with Crippen molar-refractivity contribution in [1.82, 2.24) is 4.57 Å². The van der Waals surface area contributed by atoms with E-state index in [-0.39, 0.29) is 0 Å². The van der Waals surface area contributed by atoms with E-state index in [1.54, 1.807) is 0 Å². The highest BCUT2D eigenvalue weighted by Gasteiger charge is 2.47. The molecule has 0 radical (unpaired) electrons. The summed E-state index contributed by atoms with van der Waals surface area (Å²) in [6.07, 6.45) is 0. The summed E-state index contributed by atoms with van der Waals surface area (Å²) < 4.78 is 9.04. The first-order valence-corrected chi connectivity index (χ1v) is 19.3. The smallest absolute Gasteiger partial charge is 0.137 e. The molecule has 0 saturated carbocycles. The quantitative estimate of drug-likeness (QED) is 0.177. The fourth-order valence-corrected chi connectivity index (χ4v) is 9.72. The average Bonchev–Trinajstić information content (AvgIpc) is 3.91. The fraction of sp³-hybridized carbons (Fsp3) is 0.0189. The van der Waals surface area contributed by atoms with Crippen LogP contribution >= 0.6 is 0 Å². The fourth-order valence-electron chi connectivity index (χ4n) is 9.72. The van der Waals surface area contributed by atoms with Gasteiger partial charge in [0.2, 0.25) is 0 Å². The number of rotatable bonds is 5. The molecular weight excluding hydrogens is 681 g/mol. The van der Waals surface area contributed by atoms with Crippen molar-refractivity contribution in [2.75, 3.05) is 4.90 Å². The van der Waals surface area contributed by atoms with Crippen molar-refractivity contribution in [2.24, 2.45) is 0 Å². The highest BCUT2D eigenvalue weighted by atomic mass is 16.3. The lowest BCUT2D eigenvalue weighted by Crippen LogP contribution is -2.35. The Hall–Kier alpha value is -7.36. The standard InChI is InChI=1S/C53H34N2O/c1-2-17-38(18-3-1)54(49-26-14-28-51-52(49)43-22-9-13-27-50(43)56-51)39-31-32-48-44(34-39)42-21-8-12-25-47(42)55(48)53(37-30-29-35-15-4-5-16-36(35)33-37)45-23-10-6-19-40(45)41-20-7-11-24-46(41)53/h1-34H. The Balaban J connectivity index is 1.19. The van der Waals surface area contributed by atoms with Gasteiger partial charge in [0.05, 0.1) is 22.1 Å². The number of benzene rings is 9. The third kappa shape index (κ3) is 4.22. The predicted molar refractivity (Wildman–Crippen MR) is 233 cm³/mol. The van der Waals surface area contributed by atoms with Crippen molar-refractivity contribution in [3.63, 3.8) is 0 Å². The lowest BCUT2D eigenvalue weighted by atomic mass is 9.79. The van der Waals surface area contributed by atoms with Gasteiger partial charge in [-0.2, -0.15) is 0 Å². The number of anilines is 3. The predicted octanol–water partition coefficient (Wildman–Crippen LogP) is 14.1. The maximum Gasteiger partial charge on any atom is 0.137 e. The van der Waals surface area contributed by atoms with Crippen molar-refractivity contribution >= 4 is 71.6 Å². The highest BCUT2D eigenvalue weighted by molar-refractivity contribution is 6.15. The van der Waals surface area contributed by atoms with Crippen LogP contribution in [0.15, 0.2) is 211 Å². The SMILES string of the molecule is c1ccc(N(c2ccc3c(c2)c2ccccc2n3C2(c3ccc4ccccc4c3)c3ccccc3-c3ccccc32)c2cccc3oc4ccccc4c23)cc1. The van der Waals surface area contributed by atoms with Gasteiger partial charge in [-0.25, -0.2) is 0 Å². The molecule has 262 valence electrons. The first-order valence-electron chi connectivity index (χ1n) is 19.3. The van der Waals surface area contributed by atoms with E-state index in [0.717, 1.165) is 39.0 Å². The van der Waals surface area contributed by atoms with Crippen LogP contribution in [0.4, 0.5) is 17.1 Å². The van der Waals surface area contributed by atoms with Crippen LogP contribution < -0.4 is 4.90 Å². The Morgan fingerprint density at radius 2 is 1.05 bits per heavy atom. The molecule has 0 bridgehead atoms. The van der Waals surface area contributed by atoms with E-state index in [0.29, 0.717) is 0 Å². The molecule has 0 fully saturated rings. The summed E-state index contributed by atoms with van der Waals surface area (Å²) in [5.74, 6) is 0. The number of hydrogen-bond donors (Lipinski definition) is 0. The van der Waals surface area contributed by atoms with Crippen LogP contribution in [0, 0.1) is 0 Å². The van der Waals surface area contributed by atoms with E-state index in [4.69, 9.17) is 4.42 Å². The van der Waals surface area contributed by atoms with Gasteiger partial charge in [0.1, 0.15) is 16.7 Å². The van der Waals surface area contributed by atoms with Crippen LogP contribution in [0.3, 0.4) is 0 Å². The van der Waals surface area contributed by atoms with E-state index < -0.39 is 5.54 Å². The van der Waals surface area contributed by atoms with Gasteiger partial charge in [0.25, 0.3) is 0 Å². The first kappa shape index (κ1) is 31.0. The monoisotopic (exact) mass is 714 g/mol. The van der Waals surface area contributed by atoms with Crippen LogP contribution in [0.25, 0.3) is 65.6 Å². The number of hydrogen-bond acceptors (Lipinski definition) is 2. The molecule has 0 amide bonds. The Bertz CT molecular complexity index is 3290. The van der Waals surface area contributed by atoms with Gasteiger partial charge < -0.3 is 13.9 Å². The van der Waals surface area contributed by atoms with E-state index >= 15 is 0 Å². The number of furan rings is 1. The lowest BCUT2D eigenvalue weighted by molar-refractivity contribution is 0.564. The van der Waals surface area contributed by atoms with Gasteiger partial charge in [-0.05, 0) is 99.3 Å². The van der Waals surface area contributed by atoms with E-state index in [2.05, 4.69) is 210 Å². The zero-order valence-corrected chi connectivity index (χ0v) is 30.4. The van der Waals surface area contributed by atoms with Crippen molar-refractivity contribution in [2.45, 2.75) is 5.54 Å². The minimum atomic E-state index is -0.638. The minimum absolute atomic E-state index is 0.638. The van der Waals surface area contributed by atoms with Crippen molar-refractivity contribution in [3.05, 3.63) is 223 Å². The lowest BCUT2D eigenvalue weighted by Gasteiger charge is -2.37. The number of fused-ring (bicyclic) bond motifs is 10. The van der Waals surface area contributed by atoms with Crippen LogP contribution in [0.2, 0.25) is 0 Å². The van der Waals surface area contributed by atoms with E-state index in [1.165, 1.54) is 60.4 Å². The summed E-state index contributed by atoms with van der Waals surface area (Å²) in [5, 5.41) is 7.08. The second-order valence-electron chi connectivity index (χ2n) is 14.8. The maximum absolute atomic E-state index is 6.41. The van der Waals surface area contributed by atoms with Gasteiger partial charge in [0, 0.05) is 27.5 Å². The Labute approximate surface area is 323 Å². The zero-order chi connectivity index (χ0) is 36.8. The molecule has 0 spiro atoms. The molecule has 0 atom stereocenters. The molecule has 0 N–H and O–H groups in total. The Morgan fingerprint density at radius 1 is 0.411 bits per heavy atom. The summed E-state index contributed by atoms with van der Waals surface area (Å²) >= 11 is 0. The largest absolute Gasteiger partial charge is 0.456 e. The Kier molecular flexibility index (Phi) is 6.55. The van der Waals surface area contributed by atoms with Gasteiger partial charge in [-0.3, -0.25) is 0 Å². The third-order valence-electron chi connectivity index (χ3n) is 12.0. The highest BCUT2D eigenvalue weighted by Crippen LogP contribution is 2.56. The number of nitrogens with zero attached hydrogens (tertiary/aromatic N) is 2. The van der Waals surface area contributed by atoms with Gasteiger partial charge in [-0.15, -0.1) is 0 Å². The van der Waals surface area contributed by atoms with Crippen molar-refractivity contribution in [1.29, 1.82) is 0 Å². The molecule has 1 aliphatic rings. The Morgan fingerprint density at radius 3 is 1.88 bits per heavy atom. The summed E-state index contributed by atoms with van der Waals surface area (Å²) in [7, 11) is 0. The van der Waals surface area contributed by atoms with E-state index in [1.807, 2.05) is 6.07 Å². The molecule has 11 aromatic rings. The molecule has 9 aromatic carbocycles. The second-order valence-corrected chi connectivity index (χ2v) is 14.8. The zero-order valence-electron chi connectivity index (χ0n) is 30.4. The molecule has 56 heavy (non-hydrogen) atoms. The summed E-state index contributed by atoms with van der Waals surface area (Å²) in [6, 6.07) is 75.2. The van der Waals surface area contributed by atoms with Crippen LogP contribution in [-0.2, 0) is 5.54 Å². The summed E-state index contributed by atoms with van der Waals surface area (Å²) in [4.78, 5) is 2.38. The molecule has 0 unspecified atom stereocenters. The molecule has 0 aliphatic heterocycles. The molecule has 0 saturated heterocycles. The molecule has 2 aromatic heterocycles. The van der Waals surface area contributed by atoms with Crippen LogP contribution in [0.1, 0.15) is 16.7 Å². The molecular formula is C53H34N2O. The average molecular weight is 715 g/mol. The van der Waals surface area contributed by atoms with Gasteiger partial charge in [-0.1, -0.05) is 146 Å². The minimum Gasteiger partial charge on any atom is -0.456 e. The third-order valence-corrected chi connectivity index (χ3v) is 12.0. The number of aromatic nitrogens is 1. The van der Waals surface area contributed by atoms with Crippen LogP contribution in [-0.4, -0.2) is 4.57 Å². The second kappa shape index (κ2) is 11.8. The van der Waals surface area contributed by atoms with E-state index in [9.17, 15) is 0 Å². The summed E-state index contributed by atoms with van der Waals surface area (Å²) in [5.41, 5.74) is 13.1. The van der Waals surface area contributed by atoms with Crippen molar-refractivity contribution in [3.8, 4) is 11.1 Å². The first-order chi connectivity index (χ1) is 27.8.